The van der Waals surface area contributed by atoms with Crippen LogP contribution in [0.2, 0.25) is 0 Å². The Balaban J connectivity index is 2.25. The molecule has 0 saturated carbocycles. The summed E-state index contributed by atoms with van der Waals surface area (Å²) < 4.78 is 0. The van der Waals surface area contributed by atoms with Crippen molar-refractivity contribution in [2.24, 2.45) is 11.7 Å². The Hall–Kier alpha value is -2.43. The lowest BCUT2D eigenvalue weighted by Crippen LogP contribution is -2.19. The van der Waals surface area contributed by atoms with E-state index in [0.717, 1.165) is 5.56 Å². The van der Waals surface area contributed by atoms with Crippen molar-refractivity contribution in [3.8, 4) is 0 Å². The maximum absolute atomic E-state index is 11.1. The predicted molar refractivity (Wildman–Crippen MR) is 78.2 cm³/mol. The molecule has 0 radical (unpaired) electrons. The third-order valence-electron chi connectivity index (χ3n) is 3.02. The Labute approximate surface area is 118 Å². The number of primary amides is 1. The zero-order chi connectivity index (χ0) is 14.5. The Kier molecular flexibility index (Phi) is 4.30. The number of amides is 1. The van der Waals surface area contributed by atoms with Crippen LogP contribution in [-0.2, 0) is 0 Å². The van der Waals surface area contributed by atoms with E-state index in [1.165, 1.54) is 6.20 Å². The van der Waals surface area contributed by atoms with E-state index >= 15 is 0 Å². The van der Waals surface area contributed by atoms with E-state index in [-0.39, 0.29) is 11.7 Å². The molecule has 0 saturated heterocycles. The average molecular weight is 270 g/mol. The molecular formula is C15H18N4O. The van der Waals surface area contributed by atoms with Crippen LogP contribution in [0.3, 0.4) is 0 Å². The molecule has 1 unspecified atom stereocenters. The molecule has 1 aromatic heterocycles. The van der Waals surface area contributed by atoms with Gasteiger partial charge in [-0.15, -0.1) is 0 Å². The molecule has 2 aromatic rings. The molecule has 0 aliphatic rings. The highest BCUT2D eigenvalue weighted by Gasteiger charge is 2.16. The quantitative estimate of drug-likeness (QED) is 0.874. The highest BCUT2D eigenvalue weighted by molar-refractivity contribution is 5.90. The number of hydrogen-bond acceptors (Lipinski definition) is 4. The summed E-state index contributed by atoms with van der Waals surface area (Å²) in [5.41, 5.74) is 6.53. The molecule has 0 spiro atoms. The summed E-state index contributed by atoms with van der Waals surface area (Å²) in [6.07, 6.45) is 2.95. The maximum Gasteiger partial charge on any atom is 0.268 e. The van der Waals surface area contributed by atoms with Gasteiger partial charge < -0.3 is 11.1 Å². The zero-order valence-electron chi connectivity index (χ0n) is 11.6. The van der Waals surface area contributed by atoms with Gasteiger partial charge in [-0.25, -0.2) is 4.98 Å². The molecule has 0 aliphatic carbocycles. The van der Waals surface area contributed by atoms with Crippen molar-refractivity contribution in [1.29, 1.82) is 0 Å². The summed E-state index contributed by atoms with van der Waals surface area (Å²) >= 11 is 0. The second kappa shape index (κ2) is 6.14. The number of carbonyl (C=O) groups is 1. The SMILES string of the molecule is CC(C)C(Nc1cncc(C(N)=O)n1)c1ccccc1. The predicted octanol–water partition coefficient (Wildman–Crippen LogP) is 2.38. The van der Waals surface area contributed by atoms with Gasteiger partial charge in [0.25, 0.3) is 5.91 Å². The number of hydrogen-bond donors (Lipinski definition) is 2. The van der Waals surface area contributed by atoms with Crippen molar-refractivity contribution >= 4 is 11.7 Å². The molecule has 5 nitrogen and oxygen atoms in total. The Bertz CT molecular complexity index is 583. The summed E-state index contributed by atoms with van der Waals surface area (Å²) in [5.74, 6) is 0.322. The molecular weight excluding hydrogens is 252 g/mol. The zero-order valence-corrected chi connectivity index (χ0v) is 11.6. The molecule has 3 N–H and O–H groups in total. The van der Waals surface area contributed by atoms with Gasteiger partial charge in [0.05, 0.1) is 18.4 Å². The fourth-order valence-electron chi connectivity index (χ4n) is 2.01. The first-order chi connectivity index (χ1) is 9.58. The monoisotopic (exact) mass is 270 g/mol. The van der Waals surface area contributed by atoms with Crippen LogP contribution in [0.15, 0.2) is 42.7 Å². The first-order valence-corrected chi connectivity index (χ1v) is 6.51. The third kappa shape index (κ3) is 3.32. The molecule has 5 heteroatoms. The van der Waals surface area contributed by atoms with E-state index in [0.29, 0.717) is 11.7 Å². The number of rotatable bonds is 5. The normalized spacial score (nSPS) is 12.2. The highest BCUT2D eigenvalue weighted by Crippen LogP contribution is 2.25. The van der Waals surface area contributed by atoms with Crippen LogP contribution in [0.5, 0.6) is 0 Å². The van der Waals surface area contributed by atoms with Crippen LogP contribution >= 0.6 is 0 Å². The topological polar surface area (TPSA) is 80.9 Å². The Morgan fingerprint density at radius 2 is 1.90 bits per heavy atom. The van der Waals surface area contributed by atoms with Crippen molar-refractivity contribution < 1.29 is 4.79 Å². The van der Waals surface area contributed by atoms with Gasteiger partial charge in [-0.1, -0.05) is 44.2 Å². The number of nitrogens with one attached hydrogen (secondary N) is 1. The summed E-state index contributed by atoms with van der Waals surface area (Å²) in [6, 6.07) is 10.2. The van der Waals surface area contributed by atoms with E-state index in [4.69, 9.17) is 5.73 Å². The van der Waals surface area contributed by atoms with Gasteiger partial charge in [-0.2, -0.15) is 0 Å². The van der Waals surface area contributed by atoms with Gasteiger partial charge >= 0.3 is 0 Å². The van der Waals surface area contributed by atoms with Gasteiger partial charge in [0, 0.05) is 0 Å². The number of anilines is 1. The van der Waals surface area contributed by atoms with Gasteiger partial charge in [-0.3, -0.25) is 9.78 Å². The molecule has 1 aromatic carbocycles. The number of nitrogens with zero attached hydrogens (tertiary/aromatic N) is 2. The summed E-state index contributed by atoms with van der Waals surface area (Å²) in [4.78, 5) is 19.3. The van der Waals surface area contributed by atoms with Crippen molar-refractivity contribution in [2.45, 2.75) is 19.9 Å². The van der Waals surface area contributed by atoms with Crippen LogP contribution < -0.4 is 11.1 Å². The molecule has 0 fully saturated rings. The van der Waals surface area contributed by atoms with Gasteiger partial charge in [0.15, 0.2) is 0 Å². The Morgan fingerprint density at radius 3 is 2.50 bits per heavy atom. The number of nitrogens with two attached hydrogens (primary N) is 1. The molecule has 20 heavy (non-hydrogen) atoms. The lowest BCUT2D eigenvalue weighted by molar-refractivity contribution is 0.0995. The van der Waals surface area contributed by atoms with Gasteiger partial charge in [0.2, 0.25) is 0 Å². The first-order valence-electron chi connectivity index (χ1n) is 6.51. The minimum absolute atomic E-state index is 0.0913. The molecule has 1 atom stereocenters. The van der Waals surface area contributed by atoms with E-state index in [1.54, 1.807) is 6.20 Å². The second-order valence-electron chi connectivity index (χ2n) is 4.93. The average Bonchev–Trinajstić information content (AvgIpc) is 2.45. The second-order valence-corrected chi connectivity index (χ2v) is 4.93. The fourth-order valence-corrected chi connectivity index (χ4v) is 2.01. The van der Waals surface area contributed by atoms with Crippen LogP contribution in [0, 0.1) is 5.92 Å². The van der Waals surface area contributed by atoms with E-state index < -0.39 is 5.91 Å². The van der Waals surface area contributed by atoms with Crippen molar-refractivity contribution in [3.05, 3.63) is 54.0 Å². The lowest BCUT2D eigenvalue weighted by atomic mass is 9.96. The van der Waals surface area contributed by atoms with Crippen molar-refractivity contribution in [3.63, 3.8) is 0 Å². The minimum atomic E-state index is -0.582. The molecule has 0 bridgehead atoms. The number of benzene rings is 1. The fraction of sp³-hybridized carbons (Fsp3) is 0.267. The van der Waals surface area contributed by atoms with Gasteiger partial charge in [0.1, 0.15) is 11.5 Å². The highest BCUT2D eigenvalue weighted by atomic mass is 16.1. The van der Waals surface area contributed by atoms with Crippen molar-refractivity contribution in [2.75, 3.05) is 5.32 Å². The largest absolute Gasteiger partial charge is 0.364 e. The lowest BCUT2D eigenvalue weighted by Gasteiger charge is -2.23. The number of aromatic nitrogens is 2. The molecule has 104 valence electrons. The molecule has 2 rings (SSSR count). The summed E-state index contributed by atoms with van der Waals surface area (Å²) in [6.45, 7) is 4.24. The van der Waals surface area contributed by atoms with Crippen LogP contribution in [0.4, 0.5) is 5.82 Å². The number of carbonyl (C=O) groups excluding carboxylic acids is 1. The molecule has 0 aliphatic heterocycles. The van der Waals surface area contributed by atoms with Crippen LogP contribution in [-0.4, -0.2) is 15.9 Å². The van der Waals surface area contributed by atoms with Crippen LogP contribution in [0.25, 0.3) is 0 Å². The standard InChI is InChI=1S/C15H18N4O/c1-10(2)14(11-6-4-3-5-7-11)19-13-9-17-8-12(18-13)15(16)20/h3-10,14H,1-2H3,(H2,16,20)(H,18,19). The third-order valence-corrected chi connectivity index (χ3v) is 3.02. The van der Waals surface area contributed by atoms with Gasteiger partial charge in [-0.05, 0) is 11.5 Å². The summed E-state index contributed by atoms with van der Waals surface area (Å²) in [7, 11) is 0. The smallest absolute Gasteiger partial charge is 0.268 e. The first kappa shape index (κ1) is 14.0. The van der Waals surface area contributed by atoms with E-state index in [2.05, 4.69) is 41.3 Å². The van der Waals surface area contributed by atoms with E-state index in [9.17, 15) is 4.79 Å². The van der Waals surface area contributed by atoms with Crippen LogP contribution in [0.1, 0.15) is 35.9 Å². The molecule has 1 amide bonds. The minimum Gasteiger partial charge on any atom is -0.364 e. The van der Waals surface area contributed by atoms with E-state index in [1.807, 2.05) is 18.2 Å². The summed E-state index contributed by atoms with van der Waals surface area (Å²) in [5, 5.41) is 3.31. The van der Waals surface area contributed by atoms with Crippen molar-refractivity contribution in [1.82, 2.24) is 9.97 Å². The maximum atomic E-state index is 11.1. The Morgan fingerprint density at radius 1 is 1.20 bits per heavy atom. The molecule has 1 heterocycles.